The van der Waals surface area contributed by atoms with Gasteiger partial charge >= 0.3 is 0 Å². The molecule has 0 fully saturated rings. The molecule has 0 saturated carbocycles. The number of nitrogens with one attached hydrogen (secondary N) is 1. The van der Waals surface area contributed by atoms with Crippen LogP contribution in [0.4, 0.5) is 5.82 Å². The molecule has 3 aromatic heterocycles. The van der Waals surface area contributed by atoms with Crippen LogP contribution in [0.15, 0.2) is 30.7 Å². The van der Waals surface area contributed by atoms with Crippen LogP contribution in [0.5, 0.6) is 0 Å². The second kappa shape index (κ2) is 5.52. The Bertz CT molecular complexity index is 946. The first kappa shape index (κ1) is 14.5. The summed E-state index contributed by atoms with van der Waals surface area (Å²) in [5.41, 5.74) is 5.10. The zero-order valence-electron chi connectivity index (χ0n) is 13.4. The first-order valence-electron chi connectivity index (χ1n) is 7.73. The molecule has 4 rings (SSSR count). The van der Waals surface area contributed by atoms with Gasteiger partial charge in [0.15, 0.2) is 11.5 Å². The number of aryl methyl sites for hydroxylation is 3. The molecule has 3 heterocycles. The Hall–Kier alpha value is -3.09. The number of amides is 1. The van der Waals surface area contributed by atoms with Crippen molar-refractivity contribution in [2.45, 2.75) is 19.8 Å². The summed E-state index contributed by atoms with van der Waals surface area (Å²) >= 11 is 0. The summed E-state index contributed by atoms with van der Waals surface area (Å²) in [6, 6.07) is 4.00. The molecule has 1 N–H and O–H groups in total. The van der Waals surface area contributed by atoms with Crippen LogP contribution in [0.3, 0.4) is 0 Å². The number of rotatable bonds is 2. The third kappa shape index (κ3) is 2.34. The van der Waals surface area contributed by atoms with Crippen molar-refractivity contribution in [3.8, 4) is 11.4 Å². The Morgan fingerprint density at radius 2 is 2.17 bits per heavy atom. The van der Waals surface area contributed by atoms with Gasteiger partial charge < -0.3 is 5.32 Å². The van der Waals surface area contributed by atoms with Gasteiger partial charge in [-0.15, -0.1) is 0 Å². The third-order valence-electron chi connectivity index (χ3n) is 4.12. The Morgan fingerprint density at radius 1 is 1.29 bits per heavy atom. The zero-order valence-corrected chi connectivity index (χ0v) is 13.4. The molecule has 0 unspecified atom stereocenters. The van der Waals surface area contributed by atoms with Crippen molar-refractivity contribution in [3.63, 3.8) is 0 Å². The normalized spacial score (nSPS) is 12.4. The zero-order chi connectivity index (χ0) is 16.7. The maximum Gasteiger partial charge on any atom is 0.277 e. The van der Waals surface area contributed by atoms with Crippen LogP contribution in [0, 0.1) is 6.92 Å². The summed E-state index contributed by atoms with van der Waals surface area (Å²) < 4.78 is 1.73. The van der Waals surface area contributed by atoms with Gasteiger partial charge in [0.2, 0.25) is 0 Å². The predicted octanol–water partition coefficient (Wildman–Crippen LogP) is 1.93. The molecule has 0 saturated heterocycles. The fourth-order valence-corrected chi connectivity index (χ4v) is 3.10. The van der Waals surface area contributed by atoms with E-state index < -0.39 is 0 Å². The number of nitrogens with zero attached hydrogens (tertiary/aromatic N) is 5. The maximum atomic E-state index is 12.6. The Kier molecular flexibility index (Phi) is 3.34. The number of anilines is 1. The molecule has 0 spiro atoms. The molecule has 0 bridgehead atoms. The van der Waals surface area contributed by atoms with Gasteiger partial charge in [-0.05, 0) is 31.4 Å². The van der Waals surface area contributed by atoms with Crippen molar-refractivity contribution in [3.05, 3.63) is 53.2 Å². The lowest BCUT2D eigenvalue weighted by atomic mass is 9.92. The van der Waals surface area contributed by atoms with Crippen LogP contribution >= 0.6 is 0 Å². The molecule has 7 nitrogen and oxygen atoms in total. The monoisotopic (exact) mass is 320 g/mol. The smallest absolute Gasteiger partial charge is 0.277 e. The minimum atomic E-state index is -0.272. The minimum absolute atomic E-state index is 0.272. The van der Waals surface area contributed by atoms with E-state index >= 15 is 0 Å². The van der Waals surface area contributed by atoms with Crippen LogP contribution in [0.25, 0.3) is 11.4 Å². The Morgan fingerprint density at radius 3 is 3.00 bits per heavy atom. The summed E-state index contributed by atoms with van der Waals surface area (Å²) in [7, 11) is 1.84. The van der Waals surface area contributed by atoms with E-state index in [1.807, 2.05) is 20.0 Å². The molecule has 120 valence electrons. The van der Waals surface area contributed by atoms with Crippen molar-refractivity contribution >= 4 is 11.7 Å². The number of carbonyl (C=O) groups excluding carboxylic acids is 1. The highest BCUT2D eigenvalue weighted by Crippen LogP contribution is 2.33. The second-order valence-corrected chi connectivity index (χ2v) is 5.81. The van der Waals surface area contributed by atoms with E-state index in [9.17, 15) is 4.79 Å². The topological polar surface area (TPSA) is 85.6 Å². The predicted molar refractivity (Wildman–Crippen MR) is 88.6 cm³/mol. The highest BCUT2D eigenvalue weighted by atomic mass is 16.2. The fourth-order valence-electron chi connectivity index (χ4n) is 3.10. The maximum absolute atomic E-state index is 12.6. The molecule has 3 aromatic rings. The first-order chi connectivity index (χ1) is 11.6. The molecular formula is C17H16N6O. The minimum Gasteiger partial charge on any atom is -0.304 e. The van der Waals surface area contributed by atoms with Gasteiger partial charge in [0.05, 0.1) is 23.3 Å². The molecule has 0 atom stereocenters. The molecule has 0 aromatic carbocycles. The molecule has 1 aliphatic carbocycles. The van der Waals surface area contributed by atoms with E-state index in [-0.39, 0.29) is 5.91 Å². The largest absolute Gasteiger partial charge is 0.304 e. The van der Waals surface area contributed by atoms with Gasteiger partial charge in [0.25, 0.3) is 5.91 Å². The van der Waals surface area contributed by atoms with Gasteiger partial charge in [-0.3, -0.25) is 19.4 Å². The SMILES string of the molecule is Cc1cncc(NC(=O)c2nn(C)c3c2CCc2cccnc2-3)n1. The highest BCUT2D eigenvalue weighted by molar-refractivity contribution is 6.04. The van der Waals surface area contributed by atoms with Gasteiger partial charge in [0.1, 0.15) is 0 Å². The lowest BCUT2D eigenvalue weighted by molar-refractivity contribution is 0.102. The average molecular weight is 320 g/mol. The van der Waals surface area contributed by atoms with Crippen molar-refractivity contribution in [2.75, 3.05) is 5.32 Å². The molecule has 0 radical (unpaired) electrons. The van der Waals surface area contributed by atoms with Crippen LogP contribution in [0.2, 0.25) is 0 Å². The molecule has 0 aliphatic heterocycles. The summed E-state index contributed by atoms with van der Waals surface area (Å²) in [6.07, 6.45) is 6.55. The molecule has 1 amide bonds. The van der Waals surface area contributed by atoms with E-state index in [1.165, 1.54) is 11.8 Å². The van der Waals surface area contributed by atoms with Gasteiger partial charge in [0, 0.05) is 25.0 Å². The summed E-state index contributed by atoms with van der Waals surface area (Å²) in [4.78, 5) is 25.4. The number of hydrogen-bond acceptors (Lipinski definition) is 5. The fraction of sp³-hybridized carbons (Fsp3) is 0.235. The van der Waals surface area contributed by atoms with Crippen molar-refractivity contribution in [1.29, 1.82) is 0 Å². The lowest BCUT2D eigenvalue weighted by Gasteiger charge is -2.16. The van der Waals surface area contributed by atoms with E-state index in [1.54, 1.807) is 17.1 Å². The number of carbonyl (C=O) groups is 1. The number of hydrogen-bond donors (Lipinski definition) is 1. The molecular weight excluding hydrogens is 304 g/mol. The van der Waals surface area contributed by atoms with E-state index in [0.717, 1.165) is 35.5 Å². The van der Waals surface area contributed by atoms with E-state index in [0.29, 0.717) is 11.5 Å². The second-order valence-electron chi connectivity index (χ2n) is 5.81. The number of fused-ring (bicyclic) bond motifs is 3. The van der Waals surface area contributed by atoms with Gasteiger partial charge in [-0.1, -0.05) is 6.07 Å². The van der Waals surface area contributed by atoms with Gasteiger partial charge in [-0.25, -0.2) is 4.98 Å². The van der Waals surface area contributed by atoms with Crippen molar-refractivity contribution in [2.24, 2.45) is 7.05 Å². The van der Waals surface area contributed by atoms with Crippen molar-refractivity contribution < 1.29 is 4.79 Å². The van der Waals surface area contributed by atoms with E-state index in [2.05, 4.69) is 31.4 Å². The van der Waals surface area contributed by atoms with Crippen LogP contribution < -0.4 is 5.32 Å². The van der Waals surface area contributed by atoms with Crippen LogP contribution in [-0.4, -0.2) is 30.6 Å². The van der Waals surface area contributed by atoms with Gasteiger partial charge in [-0.2, -0.15) is 5.10 Å². The van der Waals surface area contributed by atoms with E-state index in [4.69, 9.17) is 0 Å². The first-order valence-corrected chi connectivity index (χ1v) is 7.73. The number of pyridine rings is 1. The van der Waals surface area contributed by atoms with Crippen LogP contribution in [0.1, 0.15) is 27.3 Å². The standard InChI is InChI=1S/C17H16N6O/c1-10-8-18-9-13(20-10)21-17(24)15-12-6-5-11-4-3-7-19-14(11)16(12)23(2)22-15/h3-4,7-9H,5-6H2,1-2H3,(H,20,21,24). The molecule has 24 heavy (non-hydrogen) atoms. The van der Waals surface area contributed by atoms with Crippen LogP contribution in [-0.2, 0) is 19.9 Å². The quantitative estimate of drug-likeness (QED) is 0.780. The molecule has 7 heteroatoms. The summed E-state index contributed by atoms with van der Waals surface area (Å²) in [6.45, 7) is 1.83. The molecule has 1 aliphatic rings. The average Bonchev–Trinajstić information content (AvgIpc) is 2.92. The Labute approximate surface area is 138 Å². The third-order valence-corrected chi connectivity index (χ3v) is 4.12. The summed E-state index contributed by atoms with van der Waals surface area (Å²) in [5, 5.41) is 7.20. The lowest BCUT2D eigenvalue weighted by Crippen LogP contribution is -2.17. The number of aromatic nitrogens is 5. The Balaban J connectivity index is 1.72. The highest BCUT2D eigenvalue weighted by Gasteiger charge is 2.28. The summed E-state index contributed by atoms with van der Waals surface area (Å²) in [5.74, 6) is 0.153. The van der Waals surface area contributed by atoms with Crippen molar-refractivity contribution in [1.82, 2.24) is 24.7 Å².